The Labute approximate surface area is 123 Å². The monoisotopic (exact) mass is 286 g/mol. The van der Waals surface area contributed by atoms with Gasteiger partial charge in [-0.2, -0.15) is 5.26 Å². The molecule has 5 nitrogen and oxygen atoms in total. The number of rotatable bonds is 4. The zero-order chi connectivity index (χ0) is 16.0. The van der Waals surface area contributed by atoms with Gasteiger partial charge in [0, 0.05) is 6.08 Å². The number of nitrogens with zero attached hydrogens (tertiary/aromatic N) is 1. The van der Waals surface area contributed by atoms with E-state index in [4.69, 9.17) is 10.4 Å². The quantitative estimate of drug-likeness (QED) is 0.830. The van der Waals surface area contributed by atoms with Gasteiger partial charge in [-0.25, -0.2) is 4.79 Å². The molecule has 21 heavy (non-hydrogen) atoms. The van der Waals surface area contributed by atoms with Gasteiger partial charge in [0.25, 0.3) is 0 Å². The maximum atomic E-state index is 11.8. The molecule has 5 heteroatoms. The molecule has 0 saturated heterocycles. The Morgan fingerprint density at radius 3 is 2.29 bits per heavy atom. The number of carbonyl (C=O) groups excluding carboxylic acids is 1. The second-order valence-corrected chi connectivity index (χ2v) is 5.71. The molecule has 1 atom stereocenters. The Morgan fingerprint density at radius 2 is 1.86 bits per heavy atom. The number of benzene rings is 1. The van der Waals surface area contributed by atoms with Crippen molar-refractivity contribution < 1.29 is 14.7 Å². The second-order valence-electron chi connectivity index (χ2n) is 5.71. The molecule has 0 radical (unpaired) electrons. The highest BCUT2D eigenvalue weighted by Crippen LogP contribution is 2.19. The predicted molar refractivity (Wildman–Crippen MR) is 79.2 cm³/mol. The molecule has 0 aromatic heterocycles. The van der Waals surface area contributed by atoms with Crippen molar-refractivity contribution in [3.05, 3.63) is 41.5 Å². The lowest BCUT2D eigenvalue weighted by atomic mass is 9.87. The van der Waals surface area contributed by atoms with E-state index >= 15 is 0 Å². The van der Waals surface area contributed by atoms with Crippen LogP contribution >= 0.6 is 0 Å². The van der Waals surface area contributed by atoms with Crippen LogP contribution in [-0.2, 0) is 9.59 Å². The molecule has 0 bridgehead atoms. The van der Waals surface area contributed by atoms with Gasteiger partial charge in [-0.15, -0.1) is 0 Å². The first-order valence-electron chi connectivity index (χ1n) is 6.45. The smallest absolute Gasteiger partial charge is 0.326 e. The number of nitriles is 1. The third kappa shape index (κ3) is 5.11. The van der Waals surface area contributed by atoms with E-state index in [9.17, 15) is 9.59 Å². The van der Waals surface area contributed by atoms with E-state index in [1.807, 2.05) is 6.07 Å². The summed E-state index contributed by atoms with van der Waals surface area (Å²) in [5, 5.41) is 20.3. The van der Waals surface area contributed by atoms with Gasteiger partial charge in [-0.3, -0.25) is 4.79 Å². The molecule has 0 aliphatic carbocycles. The Morgan fingerprint density at radius 1 is 1.29 bits per heavy atom. The number of hydrogen-bond donors (Lipinski definition) is 2. The molecule has 0 aliphatic rings. The first kappa shape index (κ1) is 16.4. The first-order valence-corrected chi connectivity index (χ1v) is 6.45. The molecule has 0 aliphatic heterocycles. The molecule has 0 unspecified atom stereocenters. The molecular formula is C16H18N2O3. The summed E-state index contributed by atoms with van der Waals surface area (Å²) in [4.78, 5) is 22.9. The van der Waals surface area contributed by atoms with Crippen molar-refractivity contribution in [2.24, 2.45) is 5.41 Å². The molecule has 1 rings (SSSR count). The van der Waals surface area contributed by atoms with Crippen molar-refractivity contribution in [2.45, 2.75) is 26.8 Å². The number of carboxylic acid groups (broad SMARTS) is 1. The summed E-state index contributed by atoms with van der Waals surface area (Å²) >= 11 is 0. The van der Waals surface area contributed by atoms with Gasteiger partial charge in [0.05, 0.1) is 11.6 Å². The standard InChI is InChI=1S/C16H18N2O3/c1-16(2,3)14(15(20)21)18-13(19)9-8-11-4-6-12(10-17)7-5-11/h4-9,14H,1-3H3,(H,18,19)(H,20,21)/b9-8+/t14-/m1/s1. The van der Waals surface area contributed by atoms with Gasteiger partial charge in [0.15, 0.2) is 0 Å². The van der Waals surface area contributed by atoms with E-state index < -0.39 is 23.3 Å². The van der Waals surface area contributed by atoms with E-state index in [1.54, 1.807) is 51.1 Å². The van der Waals surface area contributed by atoms with Crippen LogP contribution in [0.3, 0.4) is 0 Å². The van der Waals surface area contributed by atoms with Crippen LogP contribution in [0.5, 0.6) is 0 Å². The average Bonchev–Trinajstić information content (AvgIpc) is 2.41. The van der Waals surface area contributed by atoms with E-state index in [0.29, 0.717) is 5.56 Å². The molecule has 110 valence electrons. The van der Waals surface area contributed by atoms with Crippen LogP contribution in [-0.4, -0.2) is 23.0 Å². The van der Waals surface area contributed by atoms with E-state index in [0.717, 1.165) is 5.56 Å². The molecule has 2 N–H and O–H groups in total. The highest BCUT2D eigenvalue weighted by Gasteiger charge is 2.31. The van der Waals surface area contributed by atoms with Crippen LogP contribution in [0.4, 0.5) is 0 Å². The topological polar surface area (TPSA) is 90.2 Å². The summed E-state index contributed by atoms with van der Waals surface area (Å²) in [6.07, 6.45) is 2.85. The van der Waals surface area contributed by atoms with Gasteiger partial charge in [0.1, 0.15) is 6.04 Å². The van der Waals surface area contributed by atoms with E-state index in [1.165, 1.54) is 6.08 Å². The van der Waals surface area contributed by atoms with E-state index in [2.05, 4.69) is 5.32 Å². The van der Waals surface area contributed by atoms with Crippen LogP contribution in [0.2, 0.25) is 0 Å². The molecule has 1 aromatic rings. The summed E-state index contributed by atoms with van der Waals surface area (Å²) in [7, 11) is 0. The minimum Gasteiger partial charge on any atom is -0.480 e. The fourth-order valence-electron chi connectivity index (χ4n) is 1.68. The summed E-state index contributed by atoms with van der Waals surface area (Å²) in [5.74, 6) is -1.54. The summed E-state index contributed by atoms with van der Waals surface area (Å²) in [5.41, 5.74) is 0.714. The minimum atomic E-state index is -1.07. The fourth-order valence-corrected chi connectivity index (χ4v) is 1.68. The zero-order valence-electron chi connectivity index (χ0n) is 12.3. The minimum absolute atomic E-state index is 0.471. The third-order valence-electron chi connectivity index (χ3n) is 2.87. The van der Waals surface area contributed by atoms with Crippen molar-refractivity contribution >= 4 is 18.0 Å². The Balaban J connectivity index is 2.74. The lowest BCUT2D eigenvalue weighted by Crippen LogP contribution is -2.48. The third-order valence-corrected chi connectivity index (χ3v) is 2.87. The van der Waals surface area contributed by atoms with Crippen molar-refractivity contribution in [1.82, 2.24) is 5.32 Å². The average molecular weight is 286 g/mol. The van der Waals surface area contributed by atoms with Crippen molar-refractivity contribution in [1.29, 1.82) is 5.26 Å². The maximum Gasteiger partial charge on any atom is 0.326 e. The number of carboxylic acids is 1. The Bertz CT molecular complexity index is 589. The summed E-state index contributed by atoms with van der Waals surface area (Å²) in [6.45, 7) is 5.24. The molecule has 0 spiro atoms. The molecule has 1 amide bonds. The van der Waals surface area contributed by atoms with Crippen LogP contribution in [0, 0.1) is 16.7 Å². The Hall–Kier alpha value is -2.61. The maximum absolute atomic E-state index is 11.8. The normalized spacial score (nSPS) is 12.7. The molecule has 0 saturated carbocycles. The predicted octanol–water partition coefficient (Wildman–Crippen LogP) is 2.19. The summed E-state index contributed by atoms with van der Waals surface area (Å²) < 4.78 is 0. The zero-order valence-corrected chi connectivity index (χ0v) is 12.3. The molecule has 0 fully saturated rings. The van der Waals surface area contributed by atoms with Gasteiger partial charge >= 0.3 is 5.97 Å². The van der Waals surface area contributed by atoms with Crippen LogP contribution < -0.4 is 5.32 Å². The lowest BCUT2D eigenvalue weighted by Gasteiger charge is -2.27. The highest BCUT2D eigenvalue weighted by atomic mass is 16.4. The van der Waals surface area contributed by atoms with Gasteiger partial charge in [-0.05, 0) is 29.2 Å². The van der Waals surface area contributed by atoms with Crippen LogP contribution in [0.15, 0.2) is 30.3 Å². The van der Waals surface area contributed by atoms with Gasteiger partial charge in [-0.1, -0.05) is 32.9 Å². The number of aliphatic carboxylic acids is 1. The van der Waals surface area contributed by atoms with Crippen molar-refractivity contribution in [3.63, 3.8) is 0 Å². The number of nitrogens with one attached hydrogen (secondary N) is 1. The van der Waals surface area contributed by atoms with Crippen molar-refractivity contribution in [3.8, 4) is 6.07 Å². The Kier molecular flexibility index (Phi) is 5.25. The highest BCUT2D eigenvalue weighted by molar-refractivity contribution is 5.94. The number of carbonyl (C=O) groups is 2. The summed E-state index contributed by atoms with van der Waals surface area (Å²) in [6, 6.07) is 7.75. The number of hydrogen-bond acceptors (Lipinski definition) is 3. The second kappa shape index (κ2) is 6.71. The molecule has 0 heterocycles. The van der Waals surface area contributed by atoms with Crippen molar-refractivity contribution in [2.75, 3.05) is 0 Å². The molecular weight excluding hydrogens is 268 g/mol. The van der Waals surface area contributed by atoms with Crippen LogP contribution in [0.25, 0.3) is 6.08 Å². The van der Waals surface area contributed by atoms with Crippen LogP contribution in [0.1, 0.15) is 31.9 Å². The van der Waals surface area contributed by atoms with E-state index in [-0.39, 0.29) is 0 Å². The SMILES string of the molecule is CC(C)(C)[C@H](NC(=O)/C=C/c1ccc(C#N)cc1)C(=O)O. The largest absolute Gasteiger partial charge is 0.480 e. The molecule has 1 aromatic carbocycles. The van der Waals surface area contributed by atoms with Gasteiger partial charge < -0.3 is 10.4 Å². The number of amides is 1. The first-order chi connectivity index (χ1) is 9.74. The van der Waals surface area contributed by atoms with Gasteiger partial charge in [0.2, 0.25) is 5.91 Å². The lowest BCUT2D eigenvalue weighted by molar-refractivity contribution is -0.144. The fraction of sp³-hybridized carbons (Fsp3) is 0.312.